The van der Waals surface area contributed by atoms with Gasteiger partial charge in [0.25, 0.3) is 10.1 Å². The van der Waals surface area contributed by atoms with Gasteiger partial charge in [-0.25, -0.2) is 9.67 Å². The number of benzene rings is 2. The summed E-state index contributed by atoms with van der Waals surface area (Å²) in [6.07, 6.45) is -3.47. The Bertz CT molecular complexity index is 1490. The lowest BCUT2D eigenvalue weighted by Gasteiger charge is -2.15. The molecule has 0 fully saturated rings. The van der Waals surface area contributed by atoms with E-state index in [-0.39, 0.29) is 34.5 Å². The van der Waals surface area contributed by atoms with Crippen LogP contribution in [0.25, 0.3) is 11.0 Å². The molecule has 0 atom stereocenters. The Hall–Kier alpha value is -3.22. The van der Waals surface area contributed by atoms with Crippen LogP contribution in [0.4, 0.5) is 19.0 Å². The van der Waals surface area contributed by atoms with Gasteiger partial charge in [0.1, 0.15) is 5.82 Å². The first kappa shape index (κ1) is 24.9. The van der Waals surface area contributed by atoms with Crippen LogP contribution in [0.15, 0.2) is 53.6 Å². The fourth-order valence-electron chi connectivity index (χ4n) is 3.50. The molecule has 2 aromatic carbocycles. The van der Waals surface area contributed by atoms with Gasteiger partial charge in [0.05, 0.1) is 35.2 Å². The van der Waals surface area contributed by atoms with E-state index in [0.29, 0.717) is 16.6 Å². The quantitative estimate of drug-likeness (QED) is 0.281. The van der Waals surface area contributed by atoms with Crippen molar-refractivity contribution in [1.82, 2.24) is 19.7 Å². The van der Waals surface area contributed by atoms with Gasteiger partial charge in [0, 0.05) is 0 Å². The second-order valence-electron chi connectivity index (χ2n) is 7.75. The van der Waals surface area contributed by atoms with E-state index in [9.17, 15) is 21.6 Å². The van der Waals surface area contributed by atoms with Crippen LogP contribution in [0, 0.1) is 6.92 Å². The van der Waals surface area contributed by atoms with Crippen LogP contribution in [-0.2, 0) is 33.4 Å². The van der Waals surface area contributed by atoms with Crippen molar-refractivity contribution in [1.29, 1.82) is 0 Å². The maximum atomic E-state index is 13.6. The fraction of sp³-hybridized carbons (Fsp3) is 0.227. The largest absolute Gasteiger partial charge is 0.416 e. The minimum absolute atomic E-state index is 0.0709. The molecule has 0 aliphatic rings. The monoisotopic (exact) mass is 525 g/mol. The van der Waals surface area contributed by atoms with Crippen molar-refractivity contribution >= 4 is 38.6 Å². The highest BCUT2D eigenvalue weighted by Crippen LogP contribution is 2.33. The average molecular weight is 526 g/mol. The molecular formula is C22H19ClF3N5O3S. The molecule has 4 rings (SSSR count). The van der Waals surface area contributed by atoms with Crippen LogP contribution in [-0.4, -0.2) is 34.8 Å². The van der Waals surface area contributed by atoms with Gasteiger partial charge in [0.15, 0.2) is 5.65 Å². The number of nitrogens with zero attached hydrogens (tertiary/aromatic N) is 4. The van der Waals surface area contributed by atoms with Gasteiger partial charge in [0.2, 0.25) is 5.28 Å². The first-order valence-electron chi connectivity index (χ1n) is 10.2. The summed E-state index contributed by atoms with van der Waals surface area (Å²) < 4.78 is 72.0. The fourth-order valence-corrected chi connectivity index (χ4v) is 4.58. The Labute approximate surface area is 203 Å². The third-order valence-corrected chi connectivity index (χ3v) is 6.72. The van der Waals surface area contributed by atoms with Crippen LogP contribution >= 0.6 is 11.6 Å². The smallest absolute Gasteiger partial charge is 0.383 e. The maximum Gasteiger partial charge on any atom is 0.416 e. The van der Waals surface area contributed by atoms with Crippen LogP contribution in [0.5, 0.6) is 0 Å². The SMILES string of the molecule is Cc1ccc(S(=O)(=O)OCCc2cc(Cn3ncc4c(N)nc(Cl)nc43)ccc2C(F)(F)F)cc1. The number of alkyl halides is 3. The second kappa shape index (κ2) is 9.44. The molecule has 8 nitrogen and oxygen atoms in total. The van der Waals surface area contributed by atoms with E-state index in [2.05, 4.69) is 15.1 Å². The lowest BCUT2D eigenvalue weighted by molar-refractivity contribution is -0.138. The Morgan fingerprint density at radius 2 is 1.83 bits per heavy atom. The maximum absolute atomic E-state index is 13.6. The summed E-state index contributed by atoms with van der Waals surface area (Å²) in [5.41, 5.74) is 6.50. The number of anilines is 1. The molecule has 13 heteroatoms. The lowest BCUT2D eigenvalue weighted by Crippen LogP contribution is -2.14. The third-order valence-electron chi connectivity index (χ3n) is 5.23. The summed E-state index contributed by atoms with van der Waals surface area (Å²) in [6, 6.07) is 9.56. The number of rotatable bonds is 7. The van der Waals surface area contributed by atoms with E-state index in [0.717, 1.165) is 11.6 Å². The topological polar surface area (TPSA) is 113 Å². The molecule has 184 valence electrons. The number of nitrogen functional groups attached to an aromatic ring is 1. The summed E-state index contributed by atoms with van der Waals surface area (Å²) >= 11 is 5.87. The van der Waals surface area contributed by atoms with Crippen LogP contribution in [0.3, 0.4) is 0 Å². The summed E-state index contributed by atoms with van der Waals surface area (Å²) in [4.78, 5) is 7.87. The molecule has 0 amide bonds. The van der Waals surface area contributed by atoms with Crippen molar-refractivity contribution in [2.45, 2.75) is 31.0 Å². The molecule has 0 saturated carbocycles. The van der Waals surface area contributed by atoms with E-state index in [1.807, 2.05) is 0 Å². The number of hydrogen-bond donors (Lipinski definition) is 1. The number of halogens is 4. The van der Waals surface area contributed by atoms with Gasteiger partial charge >= 0.3 is 6.18 Å². The minimum atomic E-state index is -4.63. The zero-order valence-corrected chi connectivity index (χ0v) is 19.8. The Morgan fingerprint density at radius 3 is 2.51 bits per heavy atom. The molecule has 0 radical (unpaired) electrons. The molecule has 2 heterocycles. The predicted octanol–water partition coefficient (Wildman–Crippen LogP) is 4.39. The molecule has 0 aliphatic heterocycles. The molecule has 2 aromatic heterocycles. The molecule has 0 bridgehead atoms. The molecule has 2 N–H and O–H groups in total. The number of hydrogen-bond acceptors (Lipinski definition) is 7. The molecule has 35 heavy (non-hydrogen) atoms. The van der Waals surface area contributed by atoms with Crippen LogP contribution < -0.4 is 5.73 Å². The number of nitrogens with two attached hydrogens (primary N) is 1. The lowest BCUT2D eigenvalue weighted by atomic mass is 10.0. The van der Waals surface area contributed by atoms with Gasteiger partial charge in [-0.2, -0.15) is 31.7 Å². The summed E-state index contributed by atoms with van der Waals surface area (Å²) in [7, 11) is -4.11. The highest BCUT2D eigenvalue weighted by molar-refractivity contribution is 7.86. The zero-order chi connectivity index (χ0) is 25.4. The molecule has 0 spiro atoms. The van der Waals surface area contributed by atoms with Crippen molar-refractivity contribution in [2.75, 3.05) is 12.3 Å². The van der Waals surface area contributed by atoms with Crippen LogP contribution in [0.1, 0.15) is 22.3 Å². The van der Waals surface area contributed by atoms with Gasteiger partial charge in [-0.3, -0.25) is 4.18 Å². The zero-order valence-electron chi connectivity index (χ0n) is 18.3. The summed E-state index contributed by atoms with van der Waals surface area (Å²) in [6.45, 7) is 1.40. The van der Waals surface area contributed by atoms with Gasteiger partial charge in [-0.15, -0.1) is 0 Å². The number of aromatic nitrogens is 4. The molecule has 0 aliphatic carbocycles. The molecule has 0 saturated heterocycles. The average Bonchev–Trinajstić information content (AvgIpc) is 3.16. The third kappa shape index (κ3) is 5.55. The van der Waals surface area contributed by atoms with Crippen molar-refractivity contribution in [3.63, 3.8) is 0 Å². The van der Waals surface area contributed by atoms with E-state index >= 15 is 0 Å². The molecule has 0 unspecified atom stereocenters. The first-order chi connectivity index (χ1) is 16.4. The van der Waals surface area contributed by atoms with E-state index in [1.165, 1.54) is 35.1 Å². The van der Waals surface area contributed by atoms with Crippen molar-refractivity contribution in [3.8, 4) is 0 Å². The second-order valence-corrected chi connectivity index (χ2v) is 9.70. The van der Waals surface area contributed by atoms with Gasteiger partial charge in [-0.05, 0) is 54.3 Å². The van der Waals surface area contributed by atoms with Gasteiger partial charge in [-0.1, -0.05) is 29.8 Å². The number of fused-ring (bicyclic) bond motifs is 1. The van der Waals surface area contributed by atoms with E-state index < -0.39 is 28.5 Å². The predicted molar refractivity (Wildman–Crippen MR) is 123 cm³/mol. The van der Waals surface area contributed by atoms with Crippen molar-refractivity contribution in [2.24, 2.45) is 0 Å². The Morgan fingerprint density at radius 1 is 1.11 bits per heavy atom. The highest BCUT2D eigenvalue weighted by atomic mass is 35.5. The summed E-state index contributed by atoms with van der Waals surface area (Å²) in [5, 5.41) is 4.55. The van der Waals surface area contributed by atoms with E-state index in [1.54, 1.807) is 19.1 Å². The van der Waals surface area contributed by atoms with Crippen molar-refractivity contribution < 1.29 is 25.8 Å². The first-order valence-corrected chi connectivity index (χ1v) is 12.0. The summed E-state index contributed by atoms with van der Waals surface area (Å²) in [5.74, 6) is 0.131. The standard InChI is InChI=1S/C22H19ClF3N5O3S/c1-13-2-5-16(6-3-13)35(32,33)34-9-8-15-10-14(4-7-18(15)22(24,25)26)12-31-20-17(11-28-31)19(27)29-21(23)30-20/h2-7,10-11H,8-9,12H2,1H3,(H2,27,29,30). The Kier molecular flexibility index (Phi) is 6.71. The Balaban J connectivity index is 1.57. The number of aryl methyl sites for hydroxylation is 1. The van der Waals surface area contributed by atoms with Gasteiger partial charge < -0.3 is 5.73 Å². The minimum Gasteiger partial charge on any atom is -0.383 e. The van der Waals surface area contributed by atoms with Crippen LogP contribution in [0.2, 0.25) is 5.28 Å². The highest BCUT2D eigenvalue weighted by Gasteiger charge is 2.33. The molecule has 4 aromatic rings. The normalized spacial score (nSPS) is 12.4. The molecular weight excluding hydrogens is 507 g/mol. The van der Waals surface area contributed by atoms with Crippen molar-refractivity contribution in [3.05, 3.63) is 76.2 Å². The van der Waals surface area contributed by atoms with E-state index in [4.69, 9.17) is 21.5 Å².